The van der Waals surface area contributed by atoms with Crippen LogP contribution in [0.4, 0.5) is 11.4 Å². The standard InChI is InChI=1S/C22H28N4O6/c1-12(2)19(21(28)24-22-9-13-3-14(10-22)5-15(4-13)11-22)23-20(27)16-6-17(25(29)30)8-18(7-16)26(31)32/h6-8,12-15,19H,3-5,9-11H2,1-2H3,(H,23,27)(H,24,28)/t13?,14?,15?,19-,22?/m0/s1. The molecule has 4 fully saturated rings. The van der Waals surface area contributed by atoms with Crippen LogP contribution in [0.15, 0.2) is 18.2 Å². The van der Waals surface area contributed by atoms with Gasteiger partial charge in [0, 0.05) is 17.7 Å². The second-order valence-corrected chi connectivity index (χ2v) is 10.1. The van der Waals surface area contributed by atoms with Crippen LogP contribution in [0.25, 0.3) is 0 Å². The minimum atomic E-state index is -0.853. The van der Waals surface area contributed by atoms with Crippen LogP contribution in [-0.2, 0) is 4.79 Å². The number of nitro groups is 2. The highest BCUT2D eigenvalue weighted by atomic mass is 16.6. The van der Waals surface area contributed by atoms with Crippen molar-refractivity contribution in [2.45, 2.75) is 64.0 Å². The number of hydrogen-bond donors (Lipinski definition) is 2. The lowest BCUT2D eigenvalue weighted by molar-refractivity contribution is -0.394. The second kappa shape index (κ2) is 8.14. The first-order valence-electron chi connectivity index (χ1n) is 11.1. The molecule has 1 aromatic rings. The number of nitrogens with zero attached hydrogens (tertiary/aromatic N) is 2. The molecule has 0 heterocycles. The SMILES string of the molecule is CC(C)[C@H](NC(=O)c1cc([N+](=O)[O-])cc([N+](=O)[O-])c1)C(=O)NC12CC3CC(CC(C3)C1)C2. The first kappa shape index (κ1) is 22.2. The smallest absolute Gasteiger partial charge is 0.277 e. The zero-order chi connectivity index (χ0) is 23.2. The van der Waals surface area contributed by atoms with Crippen LogP contribution in [0.5, 0.6) is 0 Å². The molecule has 172 valence electrons. The van der Waals surface area contributed by atoms with E-state index < -0.39 is 33.2 Å². The first-order chi connectivity index (χ1) is 15.0. The summed E-state index contributed by atoms with van der Waals surface area (Å²) in [6, 6.07) is 1.91. The predicted octanol–water partition coefficient (Wildman–Crippen LogP) is 3.34. The topological polar surface area (TPSA) is 144 Å². The molecule has 4 aliphatic rings. The van der Waals surface area contributed by atoms with Crippen LogP contribution in [0, 0.1) is 43.9 Å². The molecule has 0 aromatic heterocycles. The number of amides is 2. The molecule has 4 bridgehead atoms. The monoisotopic (exact) mass is 444 g/mol. The van der Waals surface area contributed by atoms with Gasteiger partial charge < -0.3 is 10.6 Å². The van der Waals surface area contributed by atoms with E-state index in [-0.39, 0.29) is 22.9 Å². The van der Waals surface area contributed by atoms with Crippen molar-refractivity contribution in [1.82, 2.24) is 10.6 Å². The van der Waals surface area contributed by atoms with Crippen LogP contribution < -0.4 is 10.6 Å². The minimum Gasteiger partial charge on any atom is -0.349 e. The van der Waals surface area contributed by atoms with Crippen molar-refractivity contribution in [3.8, 4) is 0 Å². The highest BCUT2D eigenvalue weighted by molar-refractivity contribution is 5.98. The maximum atomic E-state index is 13.2. The molecule has 0 unspecified atom stereocenters. The maximum absolute atomic E-state index is 13.2. The molecule has 0 radical (unpaired) electrons. The lowest BCUT2D eigenvalue weighted by Gasteiger charge is -2.57. The summed E-state index contributed by atoms with van der Waals surface area (Å²) in [5.74, 6) is 0.699. The first-order valence-corrected chi connectivity index (χ1v) is 11.1. The summed E-state index contributed by atoms with van der Waals surface area (Å²) in [5, 5.41) is 28.2. The van der Waals surface area contributed by atoms with Gasteiger partial charge in [-0.2, -0.15) is 0 Å². The third kappa shape index (κ3) is 4.31. The van der Waals surface area contributed by atoms with Gasteiger partial charge in [0.25, 0.3) is 17.3 Å². The number of nitro benzene ring substituents is 2. The normalized spacial score (nSPS) is 28.9. The number of rotatable bonds is 7. The molecule has 5 rings (SSSR count). The van der Waals surface area contributed by atoms with Crippen LogP contribution >= 0.6 is 0 Å². The zero-order valence-electron chi connectivity index (χ0n) is 18.2. The lowest BCUT2D eigenvalue weighted by atomic mass is 9.53. The van der Waals surface area contributed by atoms with E-state index in [1.807, 2.05) is 0 Å². The van der Waals surface area contributed by atoms with Gasteiger partial charge in [0.15, 0.2) is 0 Å². The van der Waals surface area contributed by atoms with Crippen molar-refractivity contribution in [3.05, 3.63) is 44.0 Å². The van der Waals surface area contributed by atoms with Gasteiger partial charge in [0.1, 0.15) is 6.04 Å². The summed E-state index contributed by atoms with van der Waals surface area (Å²) < 4.78 is 0. The number of non-ortho nitro benzene ring substituents is 2. The van der Waals surface area contributed by atoms with Gasteiger partial charge in [-0.1, -0.05) is 13.8 Å². The fourth-order valence-corrected chi connectivity index (χ4v) is 6.30. The molecule has 2 N–H and O–H groups in total. The third-order valence-corrected chi connectivity index (χ3v) is 7.25. The van der Waals surface area contributed by atoms with E-state index in [9.17, 15) is 29.8 Å². The average Bonchev–Trinajstić information content (AvgIpc) is 2.69. The highest BCUT2D eigenvalue weighted by Crippen LogP contribution is 2.55. The Bertz CT molecular complexity index is 908. The second-order valence-electron chi connectivity index (χ2n) is 10.1. The minimum absolute atomic E-state index is 0.214. The van der Waals surface area contributed by atoms with Crippen LogP contribution in [0.1, 0.15) is 62.7 Å². The van der Waals surface area contributed by atoms with E-state index >= 15 is 0 Å². The fraction of sp³-hybridized carbons (Fsp3) is 0.636. The molecule has 0 spiro atoms. The maximum Gasteiger partial charge on any atom is 0.277 e. The number of benzene rings is 1. The molecule has 0 saturated heterocycles. The van der Waals surface area contributed by atoms with Crippen molar-refractivity contribution in [3.63, 3.8) is 0 Å². The Labute approximate surface area is 185 Å². The largest absolute Gasteiger partial charge is 0.349 e. The van der Waals surface area contributed by atoms with Crippen LogP contribution in [-0.4, -0.2) is 33.2 Å². The van der Waals surface area contributed by atoms with E-state index in [0.29, 0.717) is 17.8 Å². The van der Waals surface area contributed by atoms with Crippen molar-refractivity contribution < 1.29 is 19.4 Å². The quantitative estimate of drug-likeness (QED) is 0.487. The van der Waals surface area contributed by atoms with Crippen molar-refractivity contribution in [1.29, 1.82) is 0 Å². The van der Waals surface area contributed by atoms with Crippen molar-refractivity contribution >= 4 is 23.2 Å². The van der Waals surface area contributed by atoms with Crippen molar-refractivity contribution in [2.75, 3.05) is 0 Å². The van der Waals surface area contributed by atoms with Gasteiger partial charge in [-0.05, 0) is 62.2 Å². The summed E-state index contributed by atoms with van der Waals surface area (Å²) >= 11 is 0. The fourth-order valence-electron chi connectivity index (χ4n) is 6.30. The van der Waals surface area contributed by atoms with Gasteiger partial charge in [0.05, 0.1) is 21.5 Å². The van der Waals surface area contributed by atoms with Gasteiger partial charge in [-0.15, -0.1) is 0 Å². The third-order valence-electron chi connectivity index (χ3n) is 7.25. The van der Waals surface area contributed by atoms with Crippen LogP contribution in [0.2, 0.25) is 0 Å². The Morgan fingerprint density at radius 3 is 1.81 bits per heavy atom. The molecule has 10 heteroatoms. The van der Waals surface area contributed by atoms with E-state index in [4.69, 9.17) is 0 Å². The Balaban J connectivity index is 1.51. The molecule has 1 aromatic carbocycles. The molecule has 2 amide bonds. The van der Waals surface area contributed by atoms with Crippen LogP contribution in [0.3, 0.4) is 0 Å². The van der Waals surface area contributed by atoms with E-state index in [1.165, 1.54) is 19.3 Å². The van der Waals surface area contributed by atoms with E-state index in [1.54, 1.807) is 13.8 Å². The van der Waals surface area contributed by atoms with Gasteiger partial charge in [0.2, 0.25) is 5.91 Å². The number of hydrogen-bond acceptors (Lipinski definition) is 6. The Hall–Kier alpha value is -3.04. The molecule has 32 heavy (non-hydrogen) atoms. The molecule has 1 atom stereocenters. The molecule has 4 saturated carbocycles. The highest BCUT2D eigenvalue weighted by Gasteiger charge is 2.52. The van der Waals surface area contributed by atoms with Crippen molar-refractivity contribution in [2.24, 2.45) is 23.7 Å². The van der Waals surface area contributed by atoms with Gasteiger partial charge >= 0.3 is 0 Å². The number of carbonyl (C=O) groups is 2. The Kier molecular flexibility index (Phi) is 5.64. The predicted molar refractivity (Wildman–Crippen MR) is 115 cm³/mol. The van der Waals surface area contributed by atoms with Gasteiger partial charge in [-0.3, -0.25) is 29.8 Å². The van der Waals surface area contributed by atoms with E-state index in [2.05, 4.69) is 10.6 Å². The zero-order valence-corrected chi connectivity index (χ0v) is 18.2. The summed E-state index contributed by atoms with van der Waals surface area (Å²) in [7, 11) is 0. The molecule has 4 aliphatic carbocycles. The Morgan fingerprint density at radius 1 is 0.938 bits per heavy atom. The summed E-state index contributed by atoms with van der Waals surface area (Å²) in [4.78, 5) is 46.8. The van der Waals surface area contributed by atoms with Gasteiger partial charge in [-0.25, -0.2) is 0 Å². The molecular formula is C22H28N4O6. The summed E-state index contributed by atoms with van der Waals surface area (Å²) in [6.45, 7) is 3.61. The molecular weight excluding hydrogens is 416 g/mol. The average molecular weight is 444 g/mol. The number of nitrogens with one attached hydrogen (secondary N) is 2. The molecule has 0 aliphatic heterocycles. The lowest BCUT2D eigenvalue weighted by Crippen LogP contribution is -2.63. The van der Waals surface area contributed by atoms with E-state index in [0.717, 1.165) is 37.5 Å². The number of carbonyl (C=O) groups excluding carboxylic acids is 2. The Morgan fingerprint density at radius 2 is 1.41 bits per heavy atom. The molecule has 10 nitrogen and oxygen atoms in total. The summed E-state index contributed by atoms with van der Waals surface area (Å²) in [6.07, 6.45) is 6.64. The summed E-state index contributed by atoms with van der Waals surface area (Å²) in [5.41, 5.74) is -1.54.